The van der Waals surface area contributed by atoms with Crippen LogP contribution in [0, 0.1) is 0 Å². The zero-order valence-corrected chi connectivity index (χ0v) is 11.8. The van der Waals surface area contributed by atoms with Crippen LogP contribution in [-0.2, 0) is 4.74 Å². The fraction of sp³-hybridized carbons (Fsp3) is 0.923. The van der Waals surface area contributed by atoms with Crippen molar-refractivity contribution < 1.29 is 9.53 Å². The molecule has 1 N–H and O–H groups in total. The Morgan fingerprint density at radius 2 is 1.94 bits per heavy atom. The summed E-state index contributed by atoms with van der Waals surface area (Å²) in [5, 5.41) is 2.75. The van der Waals surface area contributed by atoms with Gasteiger partial charge in [-0.25, -0.2) is 4.79 Å². The van der Waals surface area contributed by atoms with Crippen LogP contribution < -0.4 is 5.32 Å². The van der Waals surface area contributed by atoms with Gasteiger partial charge in [-0.1, -0.05) is 13.3 Å². The number of nitrogens with zero attached hydrogens (tertiary/aromatic N) is 2. The van der Waals surface area contributed by atoms with Crippen molar-refractivity contribution in [3.05, 3.63) is 0 Å². The number of carbonyl (C=O) groups is 1. The van der Waals surface area contributed by atoms with E-state index in [-0.39, 0.29) is 6.09 Å². The average Bonchev–Trinajstić information content (AvgIpc) is 2.37. The van der Waals surface area contributed by atoms with Crippen LogP contribution in [0.15, 0.2) is 0 Å². The first kappa shape index (κ1) is 15.2. The van der Waals surface area contributed by atoms with E-state index in [0.717, 1.165) is 52.0 Å². The molecule has 1 amide bonds. The number of amides is 1. The highest BCUT2D eigenvalue weighted by molar-refractivity contribution is 5.66. The summed E-state index contributed by atoms with van der Waals surface area (Å²) in [4.78, 5) is 16.0. The van der Waals surface area contributed by atoms with Gasteiger partial charge in [0.05, 0.1) is 6.61 Å². The Kier molecular flexibility index (Phi) is 7.76. The number of ether oxygens (including phenoxy) is 1. The van der Waals surface area contributed by atoms with E-state index < -0.39 is 0 Å². The fourth-order valence-electron chi connectivity index (χ4n) is 1.94. The van der Waals surface area contributed by atoms with Gasteiger partial charge >= 0.3 is 6.09 Å². The molecule has 0 bridgehead atoms. The number of hydrogen-bond acceptors (Lipinski definition) is 4. The van der Waals surface area contributed by atoms with Crippen LogP contribution in [0.1, 0.15) is 26.2 Å². The molecule has 1 heterocycles. The molecule has 0 aromatic carbocycles. The highest BCUT2D eigenvalue weighted by atomic mass is 16.5. The Hall–Kier alpha value is -0.810. The summed E-state index contributed by atoms with van der Waals surface area (Å²) in [5.74, 6) is 0. The second-order valence-electron chi connectivity index (χ2n) is 4.91. The van der Waals surface area contributed by atoms with E-state index in [9.17, 15) is 4.79 Å². The van der Waals surface area contributed by atoms with Crippen LogP contribution in [0.2, 0.25) is 0 Å². The van der Waals surface area contributed by atoms with Crippen molar-refractivity contribution in [2.75, 3.05) is 52.9 Å². The molecule has 1 fully saturated rings. The molecule has 0 radical (unpaired) electrons. The van der Waals surface area contributed by atoms with E-state index in [2.05, 4.69) is 29.1 Å². The van der Waals surface area contributed by atoms with Gasteiger partial charge in [-0.2, -0.15) is 0 Å². The Balaban J connectivity index is 1.93. The van der Waals surface area contributed by atoms with Crippen LogP contribution >= 0.6 is 0 Å². The number of piperazine rings is 1. The molecule has 0 spiro atoms. The van der Waals surface area contributed by atoms with Crippen molar-refractivity contribution in [1.82, 2.24) is 15.1 Å². The molecule has 106 valence electrons. The summed E-state index contributed by atoms with van der Waals surface area (Å²) in [6.45, 7) is 8.88. The van der Waals surface area contributed by atoms with E-state index in [1.807, 2.05) is 0 Å². The topological polar surface area (TPSA) is 44.8 Å². The minimum atomic E-state index is -0.276. The molecule has 0 aliphatic carbocycles. The van der Waals surface area contributed by atoms with E-state index in [4.69, 9.17) is 4.74 Å². The van der Waals surface area contributed by atoms with Crippen molar-refractivity contribution in [1.29, 1.82) is 0 Å². The van der Waals surface area contributed by atoms with Gasteiger partial charge in [-0.3, -0.25) is 0 Å². The minimum absolute atomic E-state index is 0.276. The zero-order valence-electron chi connectivity index (χ0n) is 11.8. The lowest BCUT2D eigenvalue weighted by molar-refractivity contribution is 0.123. The molecule has 0 atom stereocenters. The van der Waals surface area contributed by atoms with Gasteiger partial charge in [0.1, 0.15) is 0 Å². The van der Waals surface area contributed by atoms with Gasteiger partial charge in [0.25, 0.3) is 0 Å². The maximum Gasteiger partial charge on any atom is 0.407 e. The Labute approximate surface area is 110 Å². The number of unbranched alkanes of at least 4 members (excludes halogenated alkanes) is 1. The van der Waals surface area contributed by atoms with Crippen LogP contribution in [0.5, 0.6) is 0 Å². The molecule has 0 saturated carbocycles. The smallest absolute Gasteiger partial charge is 0.407 e. The number of nitrogens with one attached hydrogen (secondary N) is 1. The van der Waals surface area contributed by atoms with Crippen LogP contribution in [-0.4, -0.2) is 68.8 Å². The van der Waals surface area contributed by atoms with Crippen molar-refractivity contribution in [2.45, 2.75) is 26.2 Å². The normalized spacial score (nSPS) is 17.7. The second kappa shape index (κ2) is 9.16. The largest absolute Gasteiger partial charge is 0.450 e. The third kappa shape index (κ3) is 6.81. The summed E-state index contributed by atoms with van der Waals surface area (Å²) in [7, 11) is 2.15. The summed E-state index contributed by atoms with van der Waals surface area (Å²) in [5.41, 5.74) is 0. The maximum absolute atomic E-state index is 11.3. The SMILES string of the molecule is CCCCNC(=O)OCCCN1CCN(C)CC1. The van der Waals surface area contributed by atoms with Crippen molar-refractivity contribution in [3.8, 4) is 0 Å². The van der Waals surface area contributed by atoms with Crippen molar-refractivity contribution >= 4 is 6.09 Å². The molecule has 0 aromatic rings. The van der Waals surface area contributed by atoms with Crippen molar-refractivity contribution in [2.24, 2.45) is 0 Å². The van der Waals surface area contributed by atoms with Gasteiger partial charge in [-0.05, 0) is 19.9 Å². The van der Waals surface area contributed by atoms with E-state index >= 15 is 0 Å². The third-order valence-electron chi connectivity index (χ3n) is 3.25. The maximum atomic E-state index is 11.3. The molecule has 0 unspecified atom stereocenters. The summed E-state index contributed by atoms with van der Waals surface area (Å²) >= 11 is 0. The standard InChI is InChI=1S/C13H27N3O2/c1-3-4-6-14-13(17)18-12-5-7-16-10-8-15(2)9-11-16/h3-12H2,1-2H3,(H,14,17). The van der Waals surface area contributed by atoms with E-state index in [1.54, 1.807) is 0 Å². The molecular weight excluding hydrogens is 230 g/mol. The van der Waals surface area contributed by atoms with Gasteiger partial charge in [0.2, 0.25) is 0 Å². The van der Waals surface area contributed by atoms with Gasteiger partial charge < -0.3 is 19.9 Å². The van der Waals surface area contributed by atoms with Crippen molar-refractivity contribution in [3.63, 3.8) is 0 Å². The molecule has 0 aromatic heterocycles. The molecule has 5 nitrogen and oxygen atoms in total. The molecular formula is C13H27N3O2. The van der Waals surface area contributed by atoms with Gasteiger partial charge in [0, 0.05) is 39.3 Å². The first-order valence-corrected chi connectivity index (χ1v) is 7.04. The number of carbonyl (C=O) groups excluding carboxylic acids is 1. The van der Waals surface area contributed by atoms with Gasteiger partial charge in [0.15, 0.2) is 0 Å². The fourth-order valence-corrected chi connectivity index (χ4v) is 1.94. The van der Waals surface area contributed by atoms with Crippen LogP contribution in [0.25, 0.3) is 0 Å². The number of hydrogen-bond donors (Lipinski definition) is 1. The quantitative estimate of drug-likeness (QED) is 0.695. The molecule has 5 heteroatoms. The highest BCUT2D eigenvalue weighted by Crippen LogP contribution is 2.00. The summed E-state index contributed by atoms with van der Waals surface area (Å²) in [6.07, 6.45) is 2.74. The Bertz CT molecular complexity index is 228. The Morgan fingerprint density at radius 3 is 2.61 bits per heavy atom. The lowest BCUT2D eigenvalue weighted by Gasteiger charge is -2.32. The molecule has 1 aliphatic heterocycles. The van der Waals surface area contributed by atoms with Gasteiger partial charge in [-0.15, -0.1) is 0 Å². The number of likely N-dealkylation sites (N-methyl/N-ethyl adjacent to an activating group) is 1. The lowest BCUT2D eigenvalue weighted by Crippen LogP contribution is -2.44. The minimum Gasteiger partial charge on any atom is -0.450 e. The molecule has 1 rings (SSSR count). The van der Waals surface area contributed by atoms with Crippen LogP contribution in [0.3, 0.4) is 0 Å². The Morgan fingerprint density at radius 1 is 1.22 bits per heavy atom. The molecule has 18 heavy (non-hydrogen) atoms. The third-order valence-corrected chi connectivity index (χ3v) is 3.25. The number of alkyl carbamates (subject to hydrolysis) is 1. The number of rotatable bonds is 7. The predicted octanol–water partition coefficient (Wildman–Crippen LogP) is 1.15. The van der Waals surface area contributed by atoms with E-state index in [1.165, 1.54) is 0 Å². The summed E-state index contributed by atoms with van der Waals surface area (Å²) < 4.78 is 5.11. The lowest BCUT2D eigenvalue weighted by atomic mass is 10.3. The monoisotopic (exact) mass is 257 g/mol. The van der Waals surface area contributed by atoms with Crippen LogP contribution in [0.4, 0.5) is 4.79 Å². The zero-order chi connectivity index (χ0) is 13.2. The average molecular weight is 257 g/mol. The van der Waals surface area contributed by atoms with E-state index in [0.29, 0.717) is 13.2 Å². The molecule has 1 aliphatic rings. The first-order chi connectivity index (χ1) is 8.72. The first-order valence-electron chi connectivity index (χ1n) is 7.04. The predicted molar refractivity (Wildman–Crippen MR) is 72.8 cm³/mol. The summed E-state index contributed by atoms with van der Waals surface area (Å²) in [6, 6.07) is 0. The highest BCUT2D eigenvalue weighted by Gasteiger charge is 2.12. The molecule has 1 saturated heterocycles. The second-order valence-corrected chi connectivity index (χ2v) is 4.91.